The van der Waals surface area contributed by atoms with Crippen molar-refractivity contribution in [2.45, 2.75) is 6.61 Å². The van der Waals surface area contributed by atoms with Gasteiger partial charge in [0.25, 0.3) is 0 Å². The maximum atomic E-state index is 10.8. The Balaban J connectivity index is 2.36. The lowest BCUT2D eigenvalue weighted by Gasteiger charge is -1.91. The third kappa shape index (κ3) is 3.66. The average Bonchev–Trinajstić information content (AvgIpc) is 2.17. The highest BCUT2D eigenvalue weighted by atomic mass is 31.1. The molecule has 0 amide bonds. The van der Waals surface area contributed by atoms with E-state index in [1.54, 1.807) is 6.19 Å². The van der Waals surface area contributed by atoms with Gasteiger partial charge in [-0.1, -0.05) is 35.4 Å². The van der Waals surface area contributed by atoms with Crippen molar-refractivity contribution in [1.29, 1.82) is 5.26 Å². The molecule has 0 saturated carbocycles. The van der Waals surface area contributed by atoms with Gasteiger partial charge in [0, 0.05) is 0 Å². The van der Waals surface area contributed by atoms with Crippen LogP contribution in [0.5, 0.6) is 0 Å². The first kappa shape index (κ1) is 9.66. The highest BCUT2D eigenvalue weighted by Crippen LogP contribution is 2.17. The van der Waals surface area contributed by atoms with Crippen molar-refractivity contribution >= 4 is 8.18 Å². The van der Waals surface area contributed by atoms with E-state index in [9.17, 15) is 4.57 Å². The smallest absolute Gasteiger partial charge is 0.169 e. The third-order valence-electron chi connectivity index (χ3n) is 1.33. The molecule has 0 aromatic heterocycles. The van der Waals surface area contributed by atoms with E-state index in [1.807, 2.05) is 35.4 Å². The van der Waals surface area contributed by atoms with Gasteiger partial charge < -0.3 is 0 Å². The third-order valence-corrected chi connectivity index (χ3v) is 1.98. The molecule has 0 spiro atoms. The SMILES string of the molecule is N#CN[P+](=O)OCc1ccccc1. The summed E-state index contributed by atoms with van der Waals surface area (Å²) in [6, 6.07) is 9.33. The van der Waals surface area contributed by atoms with Crippen LogP contribution in [0.15, 0.2) is 30.3 Å². The second-order valence-electron chi connectivity index (χ2n) is 2.24. The lowest BCUT2D eigenvalue weighted by molar-refractivity contribution is 0.315. The van der Waals surface area contributed by atoms with Crippen LogP contribution in [0.4, 0.5) is 0 Å². The van der Waals surface area contributed by atoms with Crippen molar-refractivity contribution in [3.8, 4) is 6.19 Å². The molecular weight excluding hydrogens is 187 g/mol. The molecule has 1 rings (SSSR count). The topological polar surface area (TPSA) is 62.1 Å². The Labute approximate surface area is 77.1 Å². The summed E-state index contributed by atoms with van der Waals surface area (Å²) in [5.74, 6) is 0. The standard InChI is InChI=1S/C8H8N2O2P/c9-7-10-13(11)12-6-8-4-2-1-3-5-8/h1-5H,6H2,(H,10,11)/q+1. The number of rotatable bonds is 4. The van der Waals surface area contributed by atoms with Gasteiger partial charge in [-0.3, -0.25) is 0 Å². The van der Waals surface area contributed by atoms with Gasteiger partial charge in [0.15, 0.2) is 0 Å². The van der Waals surface area contributed by atoms with E-state index in [4.69, 9.17) is 9.79 Å². The van der Waals surface area contributed by atoms with E-state index < -0.39 is 8.18 Å². The Morgan fingerprint density at radius 3 is 2.77 bits per heavy atom. The molecule has 1 aromatic rings. The summed E-state index contributed by atoms with van der Waals surface area (Å²) in [7, 11) is -2.07. The first-order valence-corrected chi connectivity index (χ1v) is 4.79. The zero-order chi connectivity index (χ0) is 9.52. The van der Waals surface area contributed by atoms with Gasteiger partial charge in [-0.15, -0.1) is 4.52 Å². The predicted octanol–water partition coefficient (Wildman–Crippen LogP) is 1.93. The molecule has 0 radical (unpaired) electrons. The normalized spacial score (nSPS) is 10.2. The minimum Gasteiger partial charge on any atom is -0.169 e. The van der Waals surface area contributed by atoms with Gasteiger partial charge in [-0.25, -0.2) is 0 Å². The first-order valence-electron chi connectivity index (χ1n) is 3.62. The van der Waals surface area contributed by atoms with Crippen molar-refractivity contribution in [3.63, 3.8) is 0 Å². The number of hydrogen-bond donors (Lipinski definition) is 1. The number of nitrogens with zero attached hydrogens (tertiary/aromatic N) is 1. The van der Waals surface area contributed by atoms with E-state index in [0.717, 1.165) is 5.56 Å². The van der Waals surface area contributed by atoms with Crippen LogP contribution >= 0.6 is 8.18 Å². The fraction of sp³-hybridized carbons (Fsp3) is 0.125. The highest BCUT2D eigenvalue weighted by molar-refractivity contribution is 7.36. The van der Waals surface area contributed by atoms with Crippen LogP contribution in [-0.4, -0.2) is 0 Å². The molecule has 0 aliphatic rings. The molecule has 0 fully saturated rings. The van der Waals surface area contributed by atoms with Crippen LogP contribution in [0.3, 0.4) is 0 Å². The first-order chi connectivity index (χ1) is 6.33. The van der Waals surface area contributed by atoms with Crippen LogP contribution in [-0.2, 0) is 15.7 Å². The summed E-state index contributed by atoms with van der Waals surface area (Å²) in [5, 5.41) is 10.1. The van der Waals surface area contributed by atoms with Crippen LogP contribution < -0.4 is 5.09 Å². The van der Waals surface area contributed by atoms with E-state index in [2.05, 4.69) is 0 Å². The van der Waals surface area contributed by atoms with Crippen molar-refractivity contribution in [2.75, 3.05) is 0 Å². The molecule has 0 aliphatic carbocycles. The fourth-order valence-electron chi connectivity index (χ4n) is 0.780. The summed E-state index contributed by atoms with van der Waals surface area (Å²) >= 11 is 0. The maximum absolute atomic E-state index is 10.8. The molecule has 0 aliphatic heterocycles. The average molecular weight is 195 g/mol. The summed E-state index contributed by atoms with van der Waals surface area (Å²) < 4.78 is 15.7. The summed E-state index contributed by atoms with van der Waals surface area (Å²) in [5.41, 5.74) is 0.922. The Morgan fingerprint density at radius 2 is 2.15 bits per heavy atom. The van der Waals surface area contributed by atoms with Crippen molar-refractivity contribution in [3.05, 3.63) is 35.9 Å². The minimum atomic E-state index is -2.07. The van der Waals surface area contributed by atoms with Crippen LogP contribution in [0.2, 0.25) is 0 Å². The lowest BCUT2D eigenvalue weighted by Crippen LogP contribution is -1.94. The van der Waals surface area contributed by atoms with Crippen LogP contribution in [0.25, 0.3) is 0 Å². The molecule has 66 valence electrons. The van der Waals surface area contributed by atoms with Crippen LogP contribution in [0.1, 0.15) is 5.56 Å². The van der Waals surface area contributed by atoms with E-state index >= 15 is 0 Å². The zero-order valence-electron chi connectivity index (χ0n) is 6.80. The fourth-order valence-corrected chi connectivity index (χ4v) is 1.19. The van der Waals surface area contributed by atoms with E-state index in [0.29, 0.717) is 0 Å². The second-order valence-corrected chi connectivity index (χ2v) is 3.24. The molecule has 1 aromatic carbocycles. The Kier molecular flexibility index (Phi) is 3.90. The Morgan fingerprint density at radius 1 is 1.46 bits per heavy atom. The molecule has 1 N–H and O–H groups in total. The number of nitriles is 1. The largest absolute Gasteiger partial charge is 0.653 e. The van der Waals surface area contributed by atoms with Gasteiger partial charge in [0.1, 0.15) is 6.61 Å². The predicted molar refractivity (Wildman–Crippen MR) is 47.6 cm³/mol. The number of nitrogens with one attached hydrogen (secondary N) is 1. The van der Waals surface area contributed by atoms with Crippen molar-refractivity contribution < 1.29 is 9.09 Å². The highest BCUT2D eigenvalue weighted by Gasteiger charge is 2.15. The van der Waals surface area contributed by atoms with Gasteiger partial charge in [0.2, 0.25) is 6.19 Å². The molecule has 5 heteroatoms. The summed E-state index contributed by atoms with van der Waals surface area (Å²) in [6.07, 6.45) is 1.55. The molecule has 0 saturated heterocycles. The Hall–Kier alpha value is -1.43. The monoisotopic (exact) mass is 195 g/mol. The summed E-state index contributed by atoms with van der Waals surface area (Å²) in [6.45, 7) is 0.241. The molecule has 1 unspecified atom stereocenters. The van der Waals surface area contributed by atoms with Gasteiger partial charge in [-0.2, -0.15) is 5.26 Å². The molecule has 13 heavy (non-hydrogen) atoms. The quantitative estimate of drug-likeness (QED) is 0.453. The molecule has 4 nitrogen and oxygen atoms in total. The Bertz CT molecular complexity index is 321. The van der Waals surface area contributed by atoms with Gasteiger partial charge in [0.05, 0.1) is 0 Å². The molecule has 0 bridgehead atoms. The van der Waals surface area contributed by atoms with Crippen LogP contribution in [0, 0.1) is 11.5 Å². The minimum absolute atomic E-state index is 0.241. The zero-order valence-corrected chi connectivity index (χ0v) is 7.70. The lowest BCUT2D eigenvalue weighted by atomic mass is 10.2. The molecule has 0 heterocycles. The van der Waals surface area contributed by atoms with Gasteiger partial charge >= 0.3 is 8.18 Å². The molecular formula is C8H8N2O2P+. The molecule has 1 atom stereocenters. The van der Waals surface area contributed by atoms with Gasteiger partial charge in [-0.05, 0) is 10.1 Å². The maximum Gasteiger partial charge on any atom is 0.653 e. The van der Waals surface area contributed by atoms with Crippen molar-refractivity contribution in [1.82, 2.24) is 5.09 Å². The number of benzene rings is 1. The van der Waals surface area contributed by atoms with E-state index in [1.165, 1.54) is 0 Å². The number of hydrogen-bond acceptors (Lipinski definition) is 3. The summed E-state index contributed by atoms with van der Waals surface area (Å²) in [4.78, 5) is 0. The second kappa shape index (κ2) is 5.26. The van der Waals surface area contributed by atoms with E-state index in [-0.39, 0.29) is 6.61 Å². The van der Waals surface area contributed by atoms with Crippen molar-refractivity contribution in [2.24, 2.45) is 0 Å².